The molecule has 0 bridgehead atoms. The molecular formula is C31H32FN5O3S. The third kappa shape index (κ3) is 5.94. The van der Waals surface area contributed by atoms with Crippen LogP contribution in [-0.2, 0) is 6.54 Å². The van der Waals surface area contributed by atoms with Crippen molar-refractivity contribution in [3.05, 3.63) is 93.4 Å². The molecule has 2 aromatic carbocycles. The van der Waals surface area contributed by atoms with Crippen LogP contribution in [0.5, 0.6) is 0 Å². The lowest BCUT2D eigenvalue weighted by molar-refractivity contribution is 0.0623. The van der Waals surface area contributed by atoms with Gasteiger partial charge in [-0.2, -0.15) is 0 Å². The van der Waals surface area contributed by atoms with E-state index in [1.807, 2.05) is 57.6 Å². The Morgan fingerprint density at radius 2 is 1.61 bits per heavy atom. The fourth-order valence-corrected chi connectivity index (χ4v) is 6.56. The molecule has 2 fully saturated rings. The quantitative estimate of drug-likeness (QED) is 0.315. The average Bonchev–Trinajstić information content (AvgIpc) is 3.66. The molecule has 10 heteroatoms. The topological polar surface area (TPSA) is 82.8 Å². The van der Waals surface area contributed by atoms with Gasteiger partial charge in [0.1, 0.15) is 28.5 Å². The number of piperidine rings is 1. The zero-order valence-corrected chi connectivity index (χ0v) is 23.8. The number of amides is 2. The van der Waals surface area contributed by atoms with Crippen molar-refractivity contribution in [1.82, 2.24) is 24.8 Å². The lowest BCUT2D eigenvalue weighted by Gasteiger charge is -2.34. The number of piperazine rings is 1. The molecule has 4 aromatic rings. The summed E-state index contributed by atoms with van der Waals surface area (Å²) < 4.78 is 18.6. The zero-order valence-electron chi connectivity index (χ0n) is 23.0. The molecule has 0 saturated carbocycles. The van der Waals surface area contributed by atoms with Gasteiger partial charge in [-0.05, 0) is 37.5 Å². The highest BCUT2D eigenvalue weighted by atomic mass is 32.1. The van der Waals surface area contributed by atoms with Crippen LogP contribution >= 0.6 is 11.3 Å². The van der Waals surface area contributed by atoms with E-state index in [9.17, 15) is 14.0 Å². The highest BCUT2D eigenvalue weighted by Gasteiger charge is 2.31. The second-order valence-corrected chi connectivity index (χ2v) is 11.6. The Balaban J connectivity index is 1.02. The summed E-state index contributed by atoms with van der Waals surface area (Å²) >= 11 is 1.53. The second kappa shape index (κ2) is 11.9. The molecule has 0 atom stereocenters. The maximum Gasteiger partial charge on any atom is 0.273 e. The summed E-state index contributed by atoms with van der Waals surface area (Å²) in [6.07, 6.45) is 1.58. The third-order valence-corrected chi connectivity index (χ3v) is 8.98. The molecule has 0 N–H and O–H groups in total. The summed E-state index contributed by atoms with van der Waals surface area (Å²) in [4.78, 5) is 37.4. The first kappa shape index (κ1) is 27.3. The lowest BCUT2D eigenvalue weighted by Crippen LogP contribution is -2.48. The van der Waals surface area contributed by atoms with E-state index in [4.69, 9.17) is 9.51 Å². The van der Waals surface area contributed by atoms with Gasteiger partial charge in [-0.3, -0.25) is 14.5 Å². The van der Waals surface area contributed by atoms with Crippen molar-refractivity contribution in [3.63, 3.8) is 0 Å². The van der Waals surface area contributed by atoms with Crippen LogP contribution in [0, 0.1) is 12.7 Å². The number of hydrogen-bond acceptors (Lipinski definition) is 7. The predicted octanol–water partition coefficient (Wildman–Crippen LogP) is 5.22. The van der Waals surface area contributed by atoms with Gasteiger partial charge < -0.3 is 14.3 Å². The Hall–Kier alpha value is -3.89. The van der Waals surface area contributed by atoms with Crippen LogP contribution in [0.25, 0.3) is 11.3 Å². The lowest BCUT2D eigenvalue weighted by atomic mass is 9.96. The molecule has 2 saturated heterocycles. The van der Waals surface area contributed by atoms with E-state index < -0.39 is 0 Å². The first-order valence-corrected chi connectivity index (χ1v) is 14.9. The molecule has 212 valence electrons. The number of aryl methyl sites for hydroxylation is 1. The molecule has 2 amide bonds. The summed E-state index contributed by atoms with van der Waals surface area (Å²) in [5.74, 6) is 0.420. The van der Waals surface area contributed by atoms with Gasteiger partial charge >= 0.3 is 0 Å². The summed E-state index contributed by atoms with van der Waals surface area (Å²) in [5.41, 5.74) is 3.53. The van der Waals surface area contributed by atoms with Crippen molar-refractivity contribution in [3.8, 4) is 11.3 Å². The van der Waals surface area contributed by atoms with Crippen LogP contribution in [-0.4, -0.2) is 75.9 Å². The minimum atomic E-state index is -0.231. The summed E-state index contributed by atoms with van der Waals surface area (Å²) in [6, 6.07) is 16.2. The van der Waals surface area contributed by atoms with Crippen LogP contribution in [0.15, 0.2) is 64.5 Å². The molecule has 0 spiro atoms. The Bertz CT molecular complexity index is 1500. The number of thiazole rings is 1. The normalized spacial score (nSPS) is 16.7. The smallest absolute Gasteiger partial charge is 0.273 e. The van der Waals surface area contributed by atoms with Crippen LogP contribution in [0.4, 0.5) is 4.39 Å². The van der Waals surface area contributed by atoms with Crippen molar-refractivity contribution >= 4 is 23.2 Å². The average molecular weight is 574 g/mol. The molecule has 41 heavy (non-hydrogen) atoms. The van der Waals surface area contributed by atoms with Gasteiger partial charge in [-0.1, -0.05) is 47.6 Å². The highest BCUT2D eigenvalue weighted by Crippen LogP contribution is 2.33. The molecular weight excluding hydrogens is 541 g/mol. The van der Waals surface area contributed by atoms with Gasteiger partial charge in [0.15, 0.2) is 0 Å². The fraction of sp³-hybridized carbons (Fsp3) is 0.355. The first-order valence-electron chi connectivity index (χ1n) is 14.0. The van der Waals surface area contributed by atoms with E-state index in [1.165, 1.54) is 23.5 Å². The van der Waals surface area contributed by atoms with Gasteiger partial charge in [0.2, 0.25) is 0 Å². The van der Waals surface area contributed by atoms with E-state index in [0.717, 1.165) is 48.6 Å². The minimum absolute atomic E-state index is 0.0297. The number of nitrogens with zero attached hydrogens (tertiary/aromatic N) is 5. The number of carbonyl (C=O) groups excluding carboxylic acids is 2. The molecule has 6 rings (SSSR count). The van der Waals surface area contributed by atoms with Crippen molar-refractivity contribution < 1.29 is 18.5 Å². The van der Waals surface area contributed by atoms with Gasteiger partial charge in [0.05, 0.1) is 5.01 Å². The van der Waals surface area contributed by atoms with Crippen molar-refractivity contribution in [2.45, 2.75) is 32.2 Å². The van der Waals surface area contributed by atoms with Crippen LogP contribution in [0.3, 0.4) is 0 Å². The van der Waals surface area contributed by atoms with Gasteiger partial charge in [0.25, 0.3) is 11.8 Å². The predicted molar refractivity (Wildman–Crippen MR) is 154 cm³/mol. The molecule has 0 unspecified atom stereocenters. The van der Waals surface area contributed by atoms with Crippen molar-refractivity contribution in [2.75, 3.05) is 39.3 Å². The van der Waals surface area contributed by atoms with E-state index in [-0.39, 0.29) is 23.5 Å². The Labute approximate surface area is 242 Å². The summed E-state index contributed by atoms with van der Waals surface area (Å²) in [6.45, 7) is 6.56. The standard InChI is InChI=1S/C31H32FN5O3S/c1-21-27(28(34-40-21)23-5-3-2-4-6-23)31(39)36-13-11-24(12-14-36)29-33-26(20-41-29)30(38)37-17-15-35(16-18-37)19-22-7-9-25(32)10-8-22/h2-10,20,24H,11-19H2,1H3. The zero-order chi connectivity index (χ0) is 28.3. The molecule has 2 aromatic heterocycles. The van der Waals surface area contributed by atoms with Crippen molar-refractivity contribution in [2.24, 2.45) is 0 Å². The van der Waals surface area contributed by atoms with Gasteiger partial charge in [-0.25, -0.2) is 9.37 Å². The summed E-state index contributed by atoms with van der Waals surface area (Å²) in [5, 5.41) is 6.99. The first-order chi connectivity index (χ1) is 20.0. The molecule has 0 radical (unpaired) electrons. The fourth-order valence-electron chi connectivity index (χ4n) is 5.60. The molecule has 8 nitrogen and oxygen atoms in total. The second-order valence-electron chi connectivity index (χ2n) is 10.7. The van der Waals surface area contributed by atoms with E-state index in [1.54, 1.807) is 6.92 Å². The van der Waals surface area contributed by atoms with E-state index in [2.05, 4.69) is 10.1 Å². The number of carbonyl (C=O) groups is 2. The van der Waals surface area contributed by atoms with E-state index in [0.29, 0.717) is 48.9 Å². The Morgan fingerprint density at radius 1 is 0.927 bits per heavy atom. The van der Waals surface area contributed by atoms with Crippen LogP contribution in [0.1, 0.15) is 55.9 Å². The monoisotopic (exact) mass is 573 g/mol. The largest absolute Gasteiger partial charge is 0.360 e. The van der Waals surface area contributed by atoms with E-state index >= 15 is 0 Å². The summed E-state index contributed by atoms with van der Waals surface area (Å²) in [7, 11) is 0. The Kier molecular flexibility index (Phi) is 7.93. The highest BCUT2D eigenvalue weighted by molar-refractivity contribution is 7.09. The molecule has 0 aliphatic carbocycles. The minimum Gasteiger partial charge on any atom is -0.360 e. The molecule has 2 aliphatic rings. The van der Waals surface area contributed by atoms with Gasteiger partial charge in [0, 0.05) is 62.7 Å². The number of rotatable bonds is 6. The maximum absolute atomic E-state index is 13.5. The molecule has 2 aliphatic heterocycles. The number of halogens is 1. The number of aromatic nitrogens is 2. The Morgan fingerprint density at radius 3 is 2.32 bits per heavy atom. The van der Waals surface area contributed by atoms with Crippen LogP contribution in [0.2, 0.25) is 0 Å². The number of benzene rings is 2. The third-order valence-electron chi connectivity index (χ3n) is 7.98. The molecule has 4 heterocycles. The van der Waals surface area contributed by atoms with Crippen LogP contribution < -0.4 is 0 Å². The SMILES string of the molecule is Cc1onc(-c2ccccc2)c1C(=O)N1CCC(c2nc(C(=O)N3CCN(Cc4ccc(F)cc4)CC3)cs2)CC1. The number of likely N-dealkylation sites (tertiary alicyclic amines) is 1. The number of hydrogen-bond donors (Lipinski definition) is 0. The van der Waals surface area contributed by atoms with Gasteiger partial charge in [-0.15, -0.1) is 11.3 Å². The maximum atomic E-state index is 13.5. The van der Waals surface area contributed by atoms with Crippen molar-refractivity contribution in [1.29, 1.82) is 0 Å².